The highest BCUT2D eigenvalue weighted by Crippen LogP contribution is 2.20. The van der Waals surface area contributed by atoms with Crippen molar-refractivity contribution in [1.82, 2.24) is 20.4 Å². The summed E-state index contributed by atoms with van der Waals surface area (Å²) in [5, 5.41) is 16.9. The van der Waals surface area contributed by atoms with Crippen molar-refractivity contribution in [2.45, 2.75) is 70.7 Å². The number of carbonyl (C=O) groups is 5. The second-order valence-corrected chi connectivity index (χ2v) is 11.0. The molecule has 11 heteroatoms. The highest BCUT2D eigenvalue weighted by Gasteiger charge is 2.36. The van der Waals surface area contributed by atoms with Crippen molar-refractivity contribution >= 4 is 40.6 Å². The zero-order valence-corrected chi connectivity index (χ0v) is 23.6. The smallest absolute Gasteiger partial charge is 0.410 e. The molecule has 2 aromatic rings. The number of hydrogen-bond acceptors (Lipinski definition) is 6. The van der Waals surface area contributed by atoms with Gasteiger partial charge in [-0.05, 0) is 56.9 Å². The van der Waals surface area contributed by atoms with Crippen LogP contribution >= 0.6 is 0 Å². The van der Waals surface area contributed by atoms with E-state index in [2.05, 4.69) is 10.6 Å². The van der Waals surface area contributed by atoms with E-state index >= 15 is 0 Å². The van der Waals surface area contributed by atoms with Crippen molar-refractivity contribution in [3.05, 3.63) is 48.0 Å². The van der Waals surface area contributed by atoms with Crippen molar-refractivity contribution < 1.29 is 33.8 Å². The van der Waals surface area contributed by atoms with E-state index in [0.717, 1.165) is 21.2 Å². The first kappa shape index (κ1) is 30.4. The fourth-order valence-corrected chi connectivity index (χ4v) is 4.49. The Labute approximate surface area is 233 Å². The molecule has 0 bridgehead atoms. The maximum Gasteiger partial charge on any atom is 0.410 e. The molecule has 3 atom stereocenters. The van der Waals surface area contributed by atoms with E-state index in [-0.39, 0.29) is 13.0 Å². The summed E-state index contributed by atoms with van der Waals surface area (Å²) in [5.41, 5.74) is 0.0387. The fraction of sp³-hybridized carbons (Fsp3) is 0.483. The van der Waals surface area contributed by atoms with Crippen LogP contribution in [0.3, 0.4) is 0 Å². The van der Waals surface area contributed by atoms with Crippen LogP contribution in [-0.4, -0.2) is 88.6 Å². The minimum absolute atomic E-state index is 0.0890. The Morgan fingerprint density at radius 1 is 1.10 bits per heavy atom. The average molecular weight is 555 g/mol. The molecule has 1 aliphatic rings. The fourth-order valence-electron chi connectivity index (χ4n) is 4.49. The molecule has 11 nitrogen and oxygen atoms in total. The molecule has 216 valence electrons. The molecule has 0 aromatic heterocycles. The van der Waals surface area contributed by atoms with Crippen LogP contribution in [0.2, 0.25) is 0 Å². The molecule has 3 N–H and O–H groups in total. The van der Waals surface area contributed by atoms with Gasteiger partial charge in [0.15, 0.2) is 0 Å². The zero-order chi connectivity index (χ0) is 29.6. The van der Waals surface area contributed by atoms with E-state index < -0.39 is 53.5 Å². The summed E-state index contributed by atoms with van der Waals surface area (Å²) in [6, 6.07) is 10.4. The lowest BCUT2D eigenvalue weighted by molar-refractivity contribution is -0.144. The van der Waals surface area contributed by atoms with Gasteiger partial charge >= 0.3 is 12.1 Å². The van der Waals surface area contributed by atoms with E-state index in [1.165, 1.54) is 18.9 Å². The number of rotatable bonds is 9. The lowest BCUT2D eigenvalue weighted by atomic mass is 10.0. The predicted molar refractivity (Wildman–Crippen MR) is 148 cm³/mol. The van der Waals surface area contributed by atoms with Gasteiger partial charge < -0.3 is 25.4 Å². The van der Waals surface area contributed by atoms with Crippen LogP contribution in [0.15, 0.2) is 42.5 Å². The summed E-state index contributed by atoms with van der Waals surface area (Å²) in [7, 11) is 1.43. The molecule has 4 amide bonds. The molecular weight excluding hydrogens is 516 g/mol. The van der Waals surface area contributed by atoms with Crippen LogP contribution in [0, 0.1) is 0 Å². The molecule has 0 radical (unpaired) electrons. The number of likely N-dealkylation sites (N-methyl/N-ethyl adjacent to an activating group) is 1. The first-order valence-electron chi connectivity index (χ1n) is 13.3. The molecule has 3 rings (SSSR count). The van der Waals surface area contributed by atoms with Gasteiger partial charge in [0, 0.05) is 20.0 Å². The third kappa shape index (κ3) is 7.93. The molecule has 1 saturated heterocycles. The number of aliphatic carboxylic acids is 1. The van der Waals surface area contributed by atoms with Crippen molar-refractivity contribution in [3.8, 4) is 0 Å². The van der Waals surface area contributed by atoms with Gasteiger partial charge in [-0.25, -0.2) is 9.59 Å². The highest BCUT2D eigenvalue weighted by atomic mass is 16.6. The zero-order valence-electron chi connectivity index (χ0n) is 23.6. The van der Waals surface area contributed by atoms with Crippen LogP contribution in [0.5, 0.6) is 0 Å². The Kier molecular flexibility index (Phi) is 9.73. The number of carbonyl (C=O) groups excluding carboxylic acids is 4. The Hall–Kier alpha value is -4.15. The number of carboxylic acid groups (broad SMARTS) is 1. The third-order valence-corrected chi connectivity index (χ3v) is 6.80. The van der Waals surface area contributed by atoms with Gasteiger partial charge in [-0.1, -0.05) is 42.5 Å². The number of ether oxygens (including phenoxy) is 1. The van der Waals surface area contributed by atoms with E-state index in [4.69, 9.17) is 4.74 Å². The van der Waals surface area contributed by atoms with Crippen LogP contribution < -0.4 is 10.6 Å². The van der Waals surface area contributed by atoms with E-state index in [1.807, 2.05) is 42.5 Å². The molecule has 2 aromatic carbocycles. The Morgan fingerprint density at radius 2 is 1.77 bits per heavy atom. The largest absolute Gasteiger partial charge is 0.480 e. The lowest BCUT2D eigenvalue weighted by Gasteiger charge is -2.28. The molecule has 0 unspecified atom stereocenters. The number of benzene rings is 2. The van der Waals surface area contributed by atoms with Crippen LogP contribution in [-0.2, 0) is 30.3 Å². The average Bonchev–Trinajstić information content (AvgIpc) is 3.39. The number of likely N-dealkylation sites (tertiary alicyclic amines) is 1. The molecule has 0 aliphatic carbocycles. The SMILES string of the molecule is C[C@@H](C(=O)NCC(=O)N1CCC[C@H]1C(=O)N[C@@H](Cc1ccc2ccccc2c1)C(=O)O)N(C)C(=O)OC(C)(C)C. The van der Waals surface area contributed by atoms with Gasteiger partial charge in [-0.2, -0.15) is 0 Å². The number of hydrogen-bond donors (Lipinski definition) is 3. The molecular formula is C29H38N4O7. The lowest BCUT2D eigenvalue weighted by Crippen LogP contribution is -2.54. The van der Waals surface area contributed by atoms with Gasteiger partial charge in [-0.15, -0.1) is 0 Å². The minimum Gasteiger partial charge on any atom is -0.480 e. The van der Waals surface area contributed by atoms with E-state index in [0.29, 0.717) is 19.4 Å². The Morgan fingerprint density at radius 3 is 2.42 bits per heavy atom. The molecule has 1 aliphatic heterocycles. The highest BCUT2D eigenvalue weighted by molar-refractivity contribution is 5.93. The second kappa shape index (κ2) is 12.8. The molecule has 0 saturated carbocycles. The first-order valence-corrected chi connectivity index (χ1v) is 13.3. The summed E-state index contributed by atoms with van der Waals surface area (Å²) < 4.78 is 5.27. The first-order chi connectivity index (χ1) is 18.8. The molecule has 1 fully saturated rings. The van der Waals surface area contributed by atoms with Crippen LogP contribution in [0.1, 0.15) is 46.1 Å². The van der Waals surface area contributed by atoms with Crippen molar-refractivity contribution in [3.63, 3.8) is 0 Å². The standard InChI is InChI=1S/C29H38N4O7/c1-18(32(5)28(39)40-29(2,3)4)25(35)30-17-24(34)33-14-8-11-23(33)26(36)31-22(27(37)38)16-19-12-13-20-9-6-7-10-21(20)15-19/h6-7,9-10,12-13,15,18,22-23H,8,11,14,16-17H2,1-5H3,(H,30,35)(H,31,36)(H,37,38)/t18-,22-,23-/m0/s1. The van der Waals surface area contributed by atoms with Gasteiger partial charge in [0.05, 0.1) is 6.54 Å². The summed E-state index contributed by atoms with van der Waals surface area (Å²) >= 11 is 0. The molecule has 0 spiro atoms. The minimum atomic E-state index is -1.17. The molecule has 1 heterocycles. The monoisotopic (exact) mass is 554 g/mol. The molecule has 40 heavy (non-hydrogen) atoms. The topological polar surface area (TPSA) is 145 Å². The second-order valence-electron chi connectivity index (χ2n) is 11.0. The van der Waals surface area contributed by atoms with Crippen molar-refractivity contribution in [2.24, 2.45) is 0 Å². The summed E-state index contributed by atoms with van der Waals surface area (Å²) in [6.07, 6.45) is 0.365. The normalized spacial score (nSPS) is 16.6. The quantitative estimate of drug-likeness (QED) is 0.431. The summed E-state index contributed by atoms with van der Waals surface area (Å²) in [6.45, 7) is 6.60. The van der Waals surface area contributed by atoms with Gasteiger partial charge in [0.2, 0.25) is 17.7 Å². The van der Waals surface area contributed by atoms with Gasteiger partial charge in [-0.3, -0.25) is 19.3 Å². The van der Waals surface area contributed by atoms with Gasteiger partial charge in [0.1, 0.15) is 23.7 Å². The maximum absolute atomic E-state index is 13.1. The number of fused-ring (bicyclic) bond motifs is 1. The summed E-state index contributed by atoms with van der Waals surface area (Å²) in [4.78, 5) is 65.3. The van der Waals surface area contributed by atoms with E-state index in [9.17, 15) is 29.1 Å². The predicted octanol–water partition coefficient (Wildman–Crippen LogP) is 2.31. The maximum atomic E-state index is 13.1. The summed E-state index contributed by atoms with van der Waals surface area (Å²) in [5.74, 6) is -2.75. The Balaban J connectivity index is 1.57. The van der Waals surface area contributed by atoms with Crippen molar-refractivity contribution in [2.75, 3.05) is 20.1 Å². The number of amides is 4. The Bertz CT molecular complexity index is 1270. The third-order valence-electron chi connectivity index (χ3n) is 6.80. The van der Waals surface area contributed by atoms with Crippen LogP contribution in [0.25, 0.3) is 10.8 Å². The van der Waals surface area contributed by atoms with Crippen molar-refractivity contribution in [1.29, 1.82) is 0 Å². The van der Waals surface area contributed by atoms with Crippen LogP contribution in [0.4, 0.5) is 4.79 Å². The van der Waals surface area contributed by atoms with Gasteiger partial charge in [0.25, 0.3) is 0 Å². The van der Waals surface area contributed by atoms with E-state index in [1.54, 1.807) is 20.8 Å². The number of nitrogens with zero attached hydrogens (tertiary/aromatic N) is 2. The number of nitrogens with one attached hydrogen (secondary N) is 2. The number of carboxylic acids is 1.